The Balaban J connectivity index is 6.87. The van der Waals surface area contributed by atoms with E-state index in [0.717, 1.165) is 0 Å². The van der Waals surface area contributed by atoms with Crippen molar-refractivity contribution in [2.45, 2.75) is 260 Å². The van der Waals surface area contributed by atoms with E-state index in [-0.39, 0.29) is 144 Å². The monoisotopic (exact) mass is 1430 g/mol. The van der Waals surface area contributed by atoms with Gasteiger partial charge in [-0.2, -0.15) is 0 Å². The number of guanidine groups is 3. The van der Waals surface area contributed by atoms with E-state index in [1.54, 1.807) is 55.4 Å². The first-order valence-corrected chi connectivity index (χ1v) is 35.0. The van der Waals surface area contributed by atoms with Gasteiger partial charge in [0.15, 0.2) is 17.9 Å². The summed E-state index contributed by atoms with van der Waals surface area (Å²) >= 11 is 0. The van der Waals surface area contributed by atoms with Crippen molar-refractivity contribution in [1.82, 2.24) is 69.1 Å². The molecule has 0 radical (unpaired) electrons. The molecule has 0 spiro atoms. The van der Waals surface area contributed by atoms with Gasteiger partial charge in [-0.05, 0) is 133 Å². The second kappa shape index (κ2) is 47.9. The second-order valence-corrected chi connectivity index (χ2v) is 28.2. The summed E-state index contributed by atoms with van der Waals surface area (Å²) in [5, 5.41) is 34.6. The second-order valence-electron chi connectivity index (χ2n) is 28.2. The summed E-state index contributed by atoms with van der Waals surface area (Å²) in [7, 11) is 1.43. The fourth-order valence-electron chi connectivity index (χ4n) is 10.3. The van der Waals surface area contributed by atoms with E-state index >= 15 is 0 Å². The molecule has 0 rings (SSSR count). The van der Waals surface area contributed by atoms with Gasteiger partial charge in [-0.3, -0.25) is 77.3 Å². The Hall–Kier alpha value is -9.08. The van der Waals surface area contributed by atoms with Gasteiger partial charge in [-0.1, -0.05) is 83.1 Å². The number of aliphatic imine (C=N–C) groups is 3. The zero-order valence-electron chi connectivity index (χ0n) is 62.6. The number of hydrogen-bond acceptors (Lipinski definition) is 16. The van der Waals surface area contributed by atoms with Gasteiger partial charge in [-0.15, -0.1) is 0 Å². The molecule has 0 heterocycles. The average molecular weight is 1430 g/mol. The lowest BCUT2D eigenvalue weighted by Gasteiger charge is -2.29. The number of nitrogens with one attached hydrogen (secondary N) is 13. The maximum Gasteiger partial charge on any atom is 0.243 e. The van der Waals surface area contributed by atoms with Gasteiger partial charge in [0.2, 0.25) is 76.8 Å². The first-order valence-electron chi connectivity index (χ1n) is 35.0. The van der Waals surface area contributed by atoms with Crippen molar-refractivity contribution in [2.75, 3.05) is 26.7 Å². The van der Waals surface area contributed by atoms with Gasteiger partial charge in [0.1, 0.15) is 72.5 Å². The van der Waals surface area contributed by atoms with Crippen molar-refractivity contribution in [3.05, 3.63) is 0 Å². The summed E-state index contributed by atoms with van der Waals surface area (Å²) in [6, 6.07) is -14.7. The van der Waals surface area contributed by atoms with Crippen molar-refractivity contribution in [3.63, 3.8) is 0 Å². The Labute approximate surface area is 595 Å². The predicted molar refractivity (Wildman–Crippen MR) is 386 cm³/mol. The number of hydrogen-bond donors (Lipinski definition) is 19. The van der Waals surface area contributed by atoms with Crippen LogP contribution in [0, 0.1) is 35.5 Å². The molecule has 12 atom stereocenters. The lowest BCUT2D eigenvalue weighted by atomic mass is 9.99. The number of amides is 13. The van der Waals surface area contributed by atoms with Crippen molar-refractivity contribution in [2.24, 2.45) is 84.9 Å². The van der Waals surface area contributed by atoms with Crippen LogP contribution in [0.4, 0.5) is 0 Å². The van der Waals surface area contributed by atoms with E-state index in [2.05, 4.69) is 84.1 Å². The van der Waals surface area contributed by atoms with Gasteiger partial charge >= 0.3 is 0 Å². The van der Waals surface area contributed by atoms with Gasteiger partial charge < -0.3 is 104 Å². The molecule has 35 heteroatoms. The highest BCUT2D eigenvalue weighted by Gasteiger charge is 2.37. The lowest BCUT2D eigenvalue weighted by molar-refractivity contribution is -0.136. The number of nitrogens with two attached hydrogens (primary N) is 6. The summed E-state index contributed by atoms with van der Waals surface area (Å²) in [6.07, 6.45) is 1.32. The van der Waals surface area contributed by atoms with Crippen LogP contribution in [0.25, 0.3) is 0 Å². The SMILES string of the molecule is CNC(=O)[C@H](CC(C)C)NC(=O)[C@H](CCCN=C(N)N)NC(=O)[C@H](C)NC(=O)[C@H](CC(C)C)NC(=O)[C@H](CC(C)C)NC(=O)[C@H](CCCN=C(N)N)NC(=O)[C@H](C)NC(=O)[C@H](CC(C)C)NC(=O)[C@H](CC(C)C)NC(=O)[C@H](CCCN=C(N)N)NC(=O)[C@H](C)NC(=O)[C@H](CC(C)C)NC(C)=O. The van der Waals surface area contributed by atoms with E-state index in [1.165, 1.54) is 34.7 Å². The molecule has 0 saturated heterocycles. The van der Waals surface area contributed by atoms with E-state index < -0.39 is 149 Å². The third-order valence-corrected chi connectivity index (χ3v) is 15.3. The zero-order chi connectivity index (χ0) is 77.6. The summed E-state index contributed by atoms with van der Waals surface area (Å²) in [4.78, 5) is 191. The molecule has 576 valence electrons. The minimum Gasteiger partial charge on any atom is -0.370 e. The molecule has 0 aliphatic rings. The van der Waals surface area contributed by atoms with E-state index in [0.29, 0.717) is 6.42 Å². The number of rotatable bonds is 48. The van der Waals surface area contributed by atoms with Gasteiger partial charge in [-0.25, -0.2) is 0 Å². The Morgan fingerprint density at radius 3 is 0.624 bits per heavy atom. The highest BCUT2D eigenvalue weighted by molar-refractivity contribution is 5.99. The molecule has 13 amide bonds. The fourth-order valence-corrected chi connectivity index (χ4v) is 10.3. The van der Waals surface area contributed by atoms with Crippen LogP contribution in [0.15, 0.2) is 15.0 Å². The van der Waals surface area contributed by atoms with Crippen LogP contribution < -0.4 is 104 Å². The molecule has 0 aromatic carbocycles. The molecule has 0 aliphatic heterocycles. The van der Waals surface area contributed by atoms with Crippen molar-refractivity contribution < 1.29 is 62.3 Å². The lowest BCUT2D eigenvalue weighted by Crippen LogP contribution is -2.60. The number of carbonyl (C=O) groups is 13. The maximum absolute atomic E-state index is 14.5. The van der Waals surface area contributed by atoms with Crippen molar-refractivity contribution in [1.29, 1.82) is 0 Å². The maximum atomic E-state index is 14.5. The molecule has 25 N–H and O–H groups in total. The summed E-state index contributed by atoms with van der Waals surface area (Å²) in [5.41, 5.74) is 33.2. The topological polar surface area (TPSA) is 571 Å². The molecular formula is C66H124N22O13. The smallest absolute Gasteiger partial charge is 0.243 e. The normalized spacial score (nSPS) is 14.8. The Morgan fingerprint density at radius 1 is 0.257 bits per heavy atom. The van der Waals surface area contributed by atoms with E-state index in [4.69, 9.17) is 34.4 Å². The standard InChI is InChI=1S/C66H124N22O13/c1-33(2)27-46(55(93)73-17)84-56(94)43(21-18-24-74-64(67)68)81-53(91)40(14)78-60(98)48(29-35(5)6)87-63(101)51(32-38(11)12)86-58(96)45(23-20-26-76-66(71)72)83-54(92)41(15)79-61(99)49(30-36(7)8)88-62(100)50(31-37(9)10)85-57(95)44(22-19-25-75-65(69)70)82-52(90)39(13)77-59(97)47(28-34(3)4)80-42(16)89/h33-41,43-51H,18-32H2,1-17H3,(H,73,93)(H,77,97)(H,78,98)(H,79,99)(H,80,89)(H,81,91)(H,82,90)(H,83,92)(H,84,94)(H,85,95)(H,86,96)(H,87,101)(H,88,100)(H4,67,68,74)(H4,69,70,75)(H4,71,72,76)/t39-,40-,41-,43-,44-,45-,46-,47-,48-,49-,50-,51-/m0/s1. The Morgan fingerprint density at radius 2 is 0.436 bits per heavy atom. The van der Waals surface area contributed by atoms with Gasteiger partial charge in [0.05, 0.1) is 0 Å². The molecule has 101 heavy (non-hydrogen) atoms. The highest BCUT2D eigenvalue weighted by Crippen LogP contribution is 2.15. The quantitative estimate of drug-likeness (QED) is 0.0165. The first kappa shape index (κ1) is 91.9. The van der Waals surface area contributed by atoms with Crippen LogP contribution in [0.3, 0.4) is 0 Å². The van der Waals surface area contributed by atoms with Crippen LogP contribution in [0.2, 0.25) is 0 Å². The van der Waals surface area contributed by atoms with Gasteiger partial charge in [0.25, 0.3) is 0 Å². The minimum atomic E-state index is -1.37. The number of carbonyl (C=O) groups excluding carboxylic acids is 13. The fraction of sp³-hybridized carbons (Fsp3) is 0.758. The summed E-state index contributed by atoms with van der Waals surface area (Å²) < 4.78 is 0. The zero-order valence-corrected chi connectivity index (χ0v) is 62.6. The van der Waals surface area contributed by atoms with Crippen molar-refractivity contribution >= 4 is 94.7 Å². The Bertz CT molecular complexity index is 2800. The Kier molecular flexibility index (Phi) is 43.6. The van der Waals surface area contributed by atoms with Crippen LogP contribution >= 0.6 is 0 Å². The van der Waals surface area contributed by atoms with E-state index in [1.807, 2.05) is 27.7 Å². The molecule has 0 fully saturated rings. The third kappa shape index (κ3) is 40.1. The van der Waals surface area contributed by atoms with Crippen LogP contribution in [-0.4, -0.2) is 194 Å². The summed E-state index contributed by atoms with van der Waals surface area (Å²) in [6.45, 7) is 27.5. The molecular weight excluding hydrogens is 1310 g/mol. The molecule has 0 aromatic heterocycles. The number of nitrogens with zero attached hydrogens (tertiary/aromatic N) is 3. The van der Waals surface area contributed by atoms with Crippen LogP contribution in [0.1, 0.15) is 188 Å². The third-order valence-electron chi connectivity index (χ3n) is 15.3. The molecule has 0 aliphatic carbocycles. The molecule has 0 saturated carbocycles. The number of likely N-dealkylation sites (N-methyl/N-ethyl adjacent to an activating group) is 1. The molecule has 0 unspecified atom stereocenters. The van der Waals surface area contributed by atoms with Crippen molar-refractivity contribution in [3.8, 4) is 0 Å². The molecule has 0 aromatic rings. The average Bonchev–Trinajstić information content (AvgIpc) is 0.925. The van der Waals surface area contributed by atoms with Gasteiger partial charge in [0, 0.05) is 33.6 Å². The molecule has 0 bridgehead atoms. The predicted octanol–water partition coefficient (Wildman–Crippen LogP) is -2.93. The minimum absolute atomic E-state index is 0.00885. The first-order chi connectivity index (χ1) is 47.0. The summed E-state index contributed by atoms with van der Waals surface area (Å²) in [5.74, 6) is -10.7. The van der Waals surface area contributed by atoms with Crippen LogP contribution in [0.5, 0.6) is 0 Å². The largest absolute Gasteiger partial charge is 0.370 e. The highest BCUT2D eigenvalue weighted by atomic mass is 16.2. The molecule has 35 nitrogen and oxygen atoms in total. The van der Waals surface area contributed by atoms with E-state index in [9.17, 15) is 62.3 Å². The van der Waals surface area contributed by atoms with Crippen LogP contribution in [-0.2, 0) is 62.3 Å².